The fraction of sp³-hybridized carbons (Fsp3) is 0.182. The van der Waals surface area contributed by atoms with Crippen LogP contribution in [0.15, 0.2) is 30.6 Å². The highest BCUT2D eigenvalue weighted by atomic mass is 19.4. The maximum atomic E-state index is 12.4. The minimum atomic E-state index is -4.39. The molecule has 1 aromatic carbocycles. The lowest BCUT2D eigenvalue weighted by molar-refractivity contribution is -0.137. The zero-order valence-electron chi connectivity index (χ0n) is 8.99. The fourth-order valence-corrected chi connectivity index (χ4v) is 1.45. The van der Waals surface area contributed by atoms with Crippen LogP contribution in [0.4, 0.5) is 18.9 Å². The average molecular weight is 241 g/mol. The van der Waals surface area contributed by atoms with E-state index in [2.05, 4.69) is 5.10 Å². The van der Waals surface area contributed by atoms with E-state index in [0.717, 1.165) is 22.6 Å². The van der Waals surface area contributed by atoms with Gasteiger partial charge in [0.25, 0.3) is 0 Å². The third-order valence-electron chi connectivity index (χ3n) is 2.34. The van der Waals surface area contributed by atoms with E-state index in [1.54, 1.807) is 18.2 Å². The Labute approximate surface area is 95.7 Å². The maximum Gasteiger partial charge on any atom is 0.419 e. The lowest BCUT2D eigenvalue weighted by Gasteiger charge is -2.06. The van der Waals surface area contributed by atoms with Crippen molar-refractivity contribution in [2.24, 2.45) is 0 Å². The van der Waals surface area contributed by atoms with Crippen molar-refractivity contribution in [3.63, 3.8) is 0 Å². The van der Waals surface area contributed by atoms with Gasteiger partial charge in [-0.15, -0.1) is 0 Å². The number of benzene rings is 1. The van der Waals surface area contributed by atoms with Crippen molar-refractivity contribution in [2.75, 3.05) is 5.73 Å². The molecule has 0 unspecified atom stereocenters. The lowest BCUT2D eigenvalue weighted by atomic mass is 10.2. The molecule has 0 fully saturated rings. The van der Waals surface area contributed by atoms with Crippen molar-refractivity contribution >= 4 is 5.69 Å². The summed E-state index contributed by atoms with van der Waals surface area (Å²) in [7, 11) is 0. The van der Waals surface area contributed by atoms with E-state index in [1.807, 2.05) is 6.92 Å². The summed E-state index contributed by atoms with van der Waals surface area (Å²) in [6.07, 6.45) is -2.69. The molecule has 0 aliphatic carbocycles. The molecule has 1 aromatic heterocycles. The molecule has 2 aromatic rings. The first-order valence-corrected chi connectivity index (χ1v) is 4.86. The van der Waals surface area contributed by atoms with Crippen molar-refractivity contribution in [2.45, 2.75) is 13.1 Å². The Morgan fingerprint density at radius 1 is 1.29 bits per heavy atom. The number of nitrogens with zero attached hydrogens (tertiary/aromatic N) is 2. The number of rotatable bonds is 1. The highest BCUT2D eigenvalue weighted by molar-refractivity contribution is 5.58. The summed E-state index contributed by atoms with van der Waals surface area (Å²) in [6, 6.07) is 5.11. The molecule has 1 heterocycles. The van der Waals surface area contributed by atoms with Gasteiger partial charge >= 0.3 is 6.18 Å². The first-order valence-electron chi connectivity index (χ1n) is 4.86. The topological polar surface area (TPSA) is 43.8 Å². The Hall–Kier alpha value is -1.98. The third-order valence-corrected chi connectivity index (χ3v) is 2.34. The molecule has 6 heteroatoms. The first-order chi connectivity index (χ1) is 7.88. The number of nitrogens with two attached hydrogens (primary N) is 1. The molecule has 0 radical (unpaired) electrons. The monoisotopic (exact) mass is 241 g/mol. The molecule has 0 saturated carbocycles. The van der Waals surface area contributed by atoms with Crippen LogP contribution in [0, 0.1) is 6.92 Å². The van der Waals surface area contributed by atoms with Gasteiger partial charge in [0.15, 0.2) is 0 Å². The largest absolute Gasteiger partial charge is 0.419 e. The summed E-state index contributed by atoms with van der Waals surface area (Å²) in [5, 5.41) is 3.67. The van der Waals surface area contributed by atoms with Gasteiger partial charge in [-0.1, -0.05) is 6.07 Å². The second-order valence-corrected chi connectivity index (χ2v) is 3.73. The quantitative estimate of drug-likeness (QED) is 0.780. The normalized spacial score (nSPS) is 11.8. The number of hydrogen-bond donors (Lipinski definition) is 1. The van der Waals surface area contributed by atoms with Gasteiger partial charge in [0.05, 0.1) is 23.1 Å². The Bertz CT molecular complexity index is 543. The van der Waals surface area contributed by atoms with Crippen molar-refractivity contribution in [1.82, 2.24) is 9.78 Å². The van der Waals surface area contributed by atoms with Gasteiger partial charge in [0.2, 0.25) is 0 Å². The van der Waals surface area contributed by atoms with E-state index in [-0.39, 0.29) is 0 Å². The van der Waals surface area contributed by atoms with Crippen LogP contribution in [0.25, 0.3) is 5.69 Å². The van der Waals surface area contributed by atoms with Crippen LogP contribution in [0.5, 0.6) is 0 Å². The van der Waals surface area contributed by atoms with E-state index in [4.69, 9.17) is 5.73 Å². The summed E-state index contributed by atoms with van der Waals surface area (Å²) in [5.41, 5.74) is 6.63. The second-order valence-electron chi connectivity index (χ2n) is 3.73. The van der Waals surface area contributed by atoms with E-state index >= 15 is 0 Å². The SMILES string of the molecule is Cc1ccc(N)c(-n2cc(C(F)(F)F)cn2)c1. The van der Waals surface area contributed by atoms with Crippen molar-refractivity contribution in [1.29, 1.82) is 0 Å². The molecule has 0 amide bonds. The van der Waals surface area contributed by atoms with E-state index in [9.17, 15) is 13.2 Å². The highest BCUT2D eigenvalue weighted by Crippen LogP contribution is 2.29. The number of aryl methyl sites for hydroxylation is 1. The van der Waals surface area contributed by atoms with E-state index in [1.165, 1.54) is 0 Å². The Kier molecular flexibility index (Phi) is 2.57. The predicted molar refractivity (Wildman–Crippen MR) is 57.7 cm³/mol. The summed E-state index contributed by atoms with van der Waals surface area (Å²) in [6.45, 7) is 1.83. The number of halogens is 3. The Morgan fingerprint density at radius 2 is 2.00 bits per heavy atom. The van der Waals surface area contributed by atoms with Crippen LogP contribution in [0.2, 0.25) is 0 Å². The molecule has 0 saturated heterocycles. The summed E-state index contributed by atoms with van der Waals surface area (Å²) < 4.78 is 38.4. The number of alkyl halides is 3. The molecule has 0 bridgehead atoms. The van der Waals surface area contributed by atoms with Gasteiger partial charge in [-0.3, -0.25) is 0 Å². The third kappa shape index (κ3) is 2.25. The van der Waals surface area contributed by atoms with Gasteiger partial charge < -0.3 is 5.73 Å². The van der Waals surface area contributed by atoms with Crippen LogP contribution >= 0.6 is 0 Å². The van der Waals surface area contributed by atoms with Crippen LogP contribution in [-0.4, -0.2) is 9.78 Å². The predicted octanol–water partition coefficient (Wildman–Crippen LogP) is 2.78. The van der Waals surface area contributed by atoms with Crippen LogP contribution in [0.3, 0.4) is 0 Å². The summed E-state index contributed by atoms with van der Waals surface area (Å²) in [4.78, 5) is 0. The summed E-state index contributed by atoms with van der Waals surface area (Å²) >= 11 is 0. The van der Waals surface area contributed by atoms with Gasteiger partial charge in [0.1, 0.15) is 0 Å². The molecule has 0 spiro atoms. The van der Waals surface area contributed by atoms with Crippen molar-refractivity contribution in [3.8, 4) is 5.69 Å². The number of hydrogen-bond acceptors (Lipinski definition) is 2. The number of anilines is 1. The molecule has 0 aliphatic heterocycles. The van der Waals surface area contributed by atoms with Crippen molar-refractivity contribution < 1.29 is 13.2 Å². The highest BCUT2D eigenvalue weighted by Gasteiger charge is 2.32. The van der Waals surface area contributed by atoms with Gasteiger partial charge in [-0.25, -0.2) is 4.68 Å². The second kappa shape index (κ2) is 3.80. The maximum absolute atomic E-state index is 12.4. The first kappa shape index (κ1) is 11.5. The van der Waals surface area contributed by atoms with Gasteiger partial charge in [0, 0.05) is 6.20 Å². The molecule has 0 aliphatic rings. The minimum Gasteiger partial charge on any atom is -0.397 e. The number of aromatic nitrogens is 2. The van der Waals surface area contributed by atoms with Gasteiger partial charge in [-0.05, 0) is 24.6 Å². The van der Waals surface area contributed by atoms with Crippen LogP contribution in [-0.2, 0) is 6.18 Å². The standard InChI is InChI=1S/C11H10F3N3/c1-7-2-3-9(15)10(4-7)17-6-8(5-16-17)11(12,13)14/h2-6H,15H2,1H3. The fourth-order valence-electron chi connectivity index (χ4n) is 1.45. The van der Waals surface area contributed by atoms with Crippen LogP contribution < -0.4 is 5.73 Å². The molecule has 3 nitrogen and oxygen atoms in total. The molecule has 2 rings (SSSR count). The smallest absolute Gasteiger partial charge is 0.397 e. The van der Waals surface area contributed by atoms with Gasteiger partial charge in [-0.2, -0.15) is 18.3 Å². The van der Waals surface area contributed by atoms with Crippen LogP contribution in [0.1, 0.15) is 11.1 Å². The molecule has 2 N–H and O–H groups in total. The molecular formula is C11H10F3N3. The molecular weight excluding hydrogens is 231 g/mol. The molecule has 17 heavy (non-hydrogen) atoms. The zero-order chi connectivity index (χ0) is 12.6. The van der Waals surface area contributed by atoms with E-state index < -0.39 is 11.7 Å². The average Bonchev–Trinajstić information content (AvgIpc) is 2.70. The summed E-state index contributed by atoms with van der Waals surface area (Å²) in [5.74, 6) is 0. The Balaban J connectivity index is 2.47. The Morgan fingerprint density at radius 3 is 2.59 bits per heavy atom. The van der Waals surface area contributed by atoms with E-state index in [0.29, 0.717) is 11.4 Å². The minimum absolute atomic E-state index is 0.382. The number of nitrogen functional groups attached to an aromatic ring is 1. The molecule has 90 valence electrons. The molecule has 0 atom stereocenters. The zero-order valence-corrected chi connectivity index (χ0v) is 8.99. The van der Waals surface area contributed by atoms with Crippen molar-refractivity contribution in [3.05, 3.63) is 41.7 Å². The lowest BCUT2D eigenvalue weighted by Crippen LogP contribution is -2.04.